The van der Waals surface area contributed by atoms with Crippen LogP contribution in [0.2, 0.25) is 0 Å². The molecule has 1 heterocycles. The maximum Gasteiger partial charge on any atom is 0.0372 e. The third-order valence-electron chi connectivity index (χ3n) is 2.06. The van der Waals surface area contributed by atoms with E-state index >= 15 is 0 Å². The van der Waals surface area contributed by atoms with Gasteiger partial charge in [-0.25, -0.2) is 0 Å². The average Bonchev–Trinajstić information content (AvgIpc) is 2.21. The predicted molar refractivity (Wildman–Crippen MR) is 60.1 cm³/mol. The minimum atomic E-state index is 0.907. The van der Waals surface area contributed by atoms with Crippen LogP contribution in [0.5, 0.6) is 0 Å². The molecular formula is C12H18N2. The molecule has 0 atom stereocenters. The Balaban J connectivity index is 2.18. The number of nitrogens with one attached hydrogen (secondary N) is 1. The molecule has 1 rings (SSSR count). The summed E-state index contributed by atoms with van der Waals surface area (Å²) in [5.74, 6) is 0. The first-order valence-electron chi connectivity index (χ1n) is 5.06. The van der Waals surface area contributed by atoms with Crippen LogP contribution >= 0.6 is 0 Å². The lowest BCUT2D eigenvalue weighted by molar-refractivity contribution is 0.654. The van der Waals surface area contributed by atoms with Gasteiger partial charge in [0.15, 0.2) is 0 Å². The SMILES string of the molecule is C=CCCCNCc1ccc(C)nc1. The third-order valence-corrected chi connectivity index (χ3v) is 2.06. The number of pyridine rings is 1. The first-order valence-corrected chi connectivity index (χ1v) is 5.06. The van der Waals surface area contributed by atoms with E-state index in [1.54, 1.807) is 0 Å². The van der Waals surface area contributed by atoms with E-state index in [1.165, 1.54) is 5.56 Å². The molecule has 1 N–H and O–H groups in total. The van der Waals surface area contributed by atoms with Crippen LogP contribution in [0.25, 0.3) is 0 Å². The van der Waals surface area contributed by atoms with Crippen LogP contribution in [0.3, 0.4) is 0 Å². The van der Waals surface area contributed by atoms with Gasteiger partial charge in [0.1, 0.15) is 0 Å². The lowest BCUT2D eigenvalue weighted by Crippen LogP contribution is -2.14. The monoisotopic (exact) mass is 190 g/mol. The summed E-state index contributed by atoms with van der Waals surface area (Å²) in [6.07, 6.45) is 6.12. The zero-order valence-corrected chi connectivity index (χ0v) is 8.79. The van der Waals surface area contributed by atoms with Gasteiger partial charge in [-0.3, -0.25) is 4.98 Å². The van der Waals surface area contributed by atoms with Crippen molar-refractivity contribution in [2.24, 2.45) is 0 Å². The van der Waals surface area contributed by atoms with E-state index in [-0.39, 0.29) is 0 Å². The largest absolute Gasteiger partial charge is 0.313 e. The van der Waals surface area contributed by atoms with Gasteiger partial charge in [-0.2, -0.15) is 0 Å². The molecule has 2 nitrogen and oxygen atoms in total. The van der Waals surface area contributed by atoms with Crippen LogP contribution in [0, 0.1) is 6.92 Å². The van der Waals surface area contributed by atoms with Gasteiger partial charge in [-0.1, -0.05) is 12.1 Å². The molecule has 14 heavy (non-hydrogen) atoms. The summed E-state index contributed by atoms with van der Waals surface area (Å²) in [7, 11) is 0. The van der Waals surface area contributed by atoms with Gasteiger partial charge >= 0.3 is 0 Å². The average molecular weight is 190 g/mol. The van der Waals surface area contributed by atoms with Crippen LogP contribution in [0.1, 0.15) is 24.1 Å². The molecule has 1 aromatic rings. The Morgan fingerprint density at radius 1 is 1.50 bits per heavy atom. The molecule has 76 valence electrons. The molecular weight excluding hydrogens is 172 g/mol. The van der Waals surface area contributed by atoms with Gasteiger partial charge < -0.3 is 5.32 Å². The fourth-order valence-corrected chi connectivity index (χ4v) is 1.21. The van der Waals surface area contributed by atoms with Crippen molar-refractivity contribution < 1.29 is 0 Å². The Hall–Kier alpha value is -1.15. The molecule has 0 fully saturated rings. The smallest absolute Gasteiger partial charge is 0.0372 e. The van der Waals surface area contributed by atoms with Crippen molar-refractivity contribution in [3.05, 3.63) is 42.2 Å². The summed E-state index contributed by atoms with van der Waals surface area (Å²) >= 11 is 0. The quantitative estimate of drug-likeness (QED) is 0.550. The summed E-state index contributed by atoms with van der Waals surface area (Å²) in [4.78, 5) is 4.24. The van der Waals surface area contributed by atoms with Gasteiger partial charge in [0, 0.05) is 18.4 Å². The van der Waals surface area contributed by atoms with Crippen LogP contribution < -0.4 is 5.32 Å². The van der Waals surface area contributed by atoms with Crippen LogP contribution in [0.15, 0.2) is 31.0 Å². The molecule has 0 aliphatic rings. The van der Waals surface area contributed by atoms with Crippen molar-refractivity contribution in [2.75, 3.05) is 6.54 Å². The molecule has 0 aromatic carbocycles. The number of rotatable bonds is 6. The zero-order chi connectivity index (χ0) is 10.2. The molecule has 0 aliphatic heterocycles. The van der Waals surface area contributed by atoms with E-state index in [2.05, 4.69) is 22.9 Å². The van der Waals surface area contributed by atoms with Crippen molar-refractivity contribution in [3.63, 3.8) is 0 Å². The number of hydrogen-bond donors (Lipinski definition) is 1. The fourth-order valence-electron chi connectivity index (χ4n) is 1.21. The number of allylic oxidation sites excluding steroid dienone is 1. The minimum Gasteiger partial charge on any atom is -0.313 e. The van der Waals surface area contributed by atoms with Gasteiger partial charge in [0.25, 0.3) is 0 Å². The third kappa shape index (κ3) is 4.19. The summed E-state index contributed by atoms with van der Waals surface area (Å²) in [5, 5.41) is 3.37. The maximum absolute atomic E-state index is 4.24. The molecule has 0 saturated heterocycles. The predicted octanol–water partition coefficient (Wildman–Crippen LogP) is 2.45. The van der Waals surface area contributed by atoms with Gasteiger partial charge in [-0.05, 0) is 37.9 Å². The summed E-state index contributed by atoms with van der Waals surface area (Å²) in [6.45, 7) is 7.64. The summed E-state index contributed by atoms with van der Waals surface area (Å²) < 4.78 is 0. The van der Waals surface area contributed by atoms with Crippen LogP contribution in [-0.2, 0) is 6.54 Å². The normalized spacial score (nSPS) is 10.1. The van der Waals surface area contributed by atoms with E-state index in [1.807, 2.05) is 25.3 Å². The van der Waals surface area contributed by atoms with Gasteiger partial charge in [0.05, 0.1) is 0 Å². The van der Waals surface area contributed by atoms with Crippen molar-refractivity contribution in [1.29, 1.82) is 0 Å². The topological polar surface area (TPSA) is 24.9 Å². The Morgan fingerprint density at radius 3 is 3.00 bits per heavy atom. The van der Waals surface area contributed by atoms with Crippen molar-refractivity contribution in [2.45, 2.75) is 26.3 Å². The second-order valence-corrected chi connectivity index (χ2v) is 3.42. The molecule has 1 aromatic heterocycles. The highest BCUT2D eigenvalue weighted by atomic mass is 14.8. The van der Waals surface area contributed by atoms with E-state index in [0.717, 1.165) is 31.6 Å². The molecule has 0 radical (unpaired) electrons. The van der Waals surface area contributed by atoms with Gasteiger partial charge in [0.2, 0.25) is 0 Å². The molecule has 2 heteroatoms. The van der Waals surface area contributed by atoms with Gasteiger partial charge in [-0.15, -0.1) is 6.58 Å². The van der Waals surface area contributed by atoms with E-state index in [0.29, 0.717) is 0 Å². The maximum atomic E-state index is 4.24. The molecule has 0 amide bonds. The lowest BCUT2D eigenvalue weighted by Gasteiger charge is -2.03. The number of aryl methyl sites for hydroxylation is 1. The Labute approximate surface area is 86.1 Å². The van der Waals surface area contributed by atoms with E-state index < -0.39 is 0 Å². The number of nitrogens with zero attached hydrogens (tertiary/aromatic N) is 1. The minimum absolute atomic E-state index is 0.907. The lowest BCUT2D eigenvalue weighted by atomic mass is 10.2. The highest BCUT2D eigenvalue weighted by molar-refractivity contribution is 5.12. The Kier molecular flexibility index (Phi) is 4.94. The van der Waals surface area contributed by atoms with E-state index in [9.17, 15) is 0 Å². The Bertz CT molecular complexity index is 264. The number of unbranched alkanes of at least 4 members (excludes halogenated alkanes) is 1. The van der Waals surface area contributed by atoms with Crippen molar-refractivity contribution in [1.82, 2.24) is 10.3 Å². The second kappa shape index (κ2) is 6.33. The van der Waals surface area contributed by atoms with Crippen LogP contribution in [0.4, 0.5) is 0 Å². The molecule has 0 spiro atoms. The standard InChI is InChI=1S/C12H18N2/c1-3-4-5-8-13-9-12-7-6-11(2)14-10-12/h3,6-7,10,13H,1,4-5,8-9H2,2H3. The molecule has 0 bridgehead atoms. The second-order valence-electron chi connectivity index (χ2n) is 3.42. The van der Waals surface area contributed by atoms with E-state index in [4.69, 9.17) is 0 Å². The molecule has 0 unspecified atom stereocenters. The number of aromatic nitrogens is 1. The highest BCUT2D eigenvalue weighted by Gasteiger charge is 1.92. The summed E-state index contributed by atoms with van der Waals surface area (Å²) in [6, 6.07) is 4.16. The first-order chi connectivity index (χ1) is 6.83. The van der Waals surface area contributed by atoms with Crippen LogP contribution in [-0.4, -0.2) is 11.5 Å². The molecule has 0 aliphatic carbocycles. The summed E-state index contributed by atoms with van der Waals surface area (Å²) in [5.41, 5.74) is 2.31. The zero-order valence-electron chi connectivity index (χ0n) is 8.79. The Morgan fingerprint density at radius 2 is 2.36 bits per heavy atom. The van der Waals surface area contributed by atoms with Crippen molar-refractivity contribution >= 4 is 0 Å². The molecule has 0 saturated carbocycles. The fraction of sp³-hybridized carbons (Fsp3) is 0.417. The number of hydrogen-bond acceptors (Lipinski definition) is 2. The highest BCUT2D eigenvalue weighted by Crippen LogP contribution is 1.98. The van der Waals surface area contributed by atoms with Crippen molar-refractivity contribution in [3.8, 4) is 0 Å². The first kappa shape index (κ1) is 10.9.